The van der Waals surface area contributed by atoms with Crippen LogP contribution < -0.4 is 15.0 Å². The molecule has 114 valence electrons. The molecule has 2 aliphatic rings. The van der Waals surface area contributed by atoms with Crippen LogP contribution in [0.4, 0.5) is 0 Å². The summed E-state index contributed by atoms with van der Waals surface area (Å²) in [4.78, 5) is 0. The van der Waals surface area contributed by atoms with E-state index in [1.54, 1.807) is 0 Å². The van der Waals surface area contributed by atoms with Gasteiger partial charge in [0.05, 0.1) is 6.61 Å². The van der Waals surface area contributed by atoms with Gasteiger partial charge in [-0.2, -0.15) is 0 Å². The van der Waals surface area contributed by atoms with Crippen molar-refractivity contribution in [1.29, 1.82) is 0 Å². The molecule has 0 radical (unpaired) electrons. The molecule has 0 amide bonds. The molecule has 0 bridgehead atoms. The van der Waals surface area contributed by atoms with E-state index in [-0.39, 0.29) is 0 Å². The Balaban J connectivity index is 1.63. The Kier molecular flexibility index (Phi) is 4.78. The van der Waals surface area contributed by atoms with Crippen molar-refractivity contribution in [2.45, 2.75) is 32.1 Å². The van der Waals surface area contributed by atoms with Gasteiger partial charge in [0.15, 0.2) is 0 Å². The van der Waals surface area contributed by atoms with Gasteiger partial charge >= 0.3 is 0 Å². The van der Waals surface area contributed by atoms with Crippen molar-refractivity contribution in [2.24, 2.45) is 5.92 Å². The lowest BCUT2D eigenvalue weighted by atomic mass is 9.90. The summed E-state index contributed by atoms with van der Waals surface area (Å²) >= 11 is 0. The summed E-state index contributed by atoms with van der Waals surface area (Å²) in [6.45, 7) is 1.75. The quantitative estimate of drug-likeness (QED) is 0.816. The molecule has 0 atom stereocenters. The van der Waals surface area contributed by atoms with E-state index in [9.17, 15) is 0 Å². The topological polar surface area (TPSA) is 50.7 Å². The van der Waals surface area contributed by atoms with E-state index in [1.807, 2.05) is 18.2 Å². The Labute approximate surface area is 125 Å². The summed E-state index contributed by atoms with van der Waals surface area (Å²) < 4.78 is 11.6. The molecule has 1 fully saturated rings. The third-order valence-electron chi connectivity index (χ3n) is 4.27. The molecule has 3 rings (SSSR count). The van der Waals surface area contributed by atoms with Crippen LogP contribution in [0.1, 0.15) is 37.7 Å². The van der Waals surface area contributed by atoms with E-state index in [4.69, 9.17) is 14.7 Å². The van der Waals surface area contributed by atoms with Crippen molar-refractivity contribution < 1.29 is 14.7 Å². The van der Waals surface area contributed by atoms with Gasteiger partial charge in [0.1, 0.15) is 18.1 Å². The summed E-state index contributed by atoms with van der Waals surface area (Å²) in [6, 6.07) is 5.96. The third-order valence-corrected chi connectivity index (χ3v) is 4.27. The number of hydrogen-bond donors (Lipinski definition) is 2. The lowest BCUT2D eigenvalue weighted by Gasteiger charge is -2.22. The monoisotopic (exact) mass is 289 g/mol. The standard InChI is InChI=1S/C17H23NO3/c19-18-10-14-8-15-9-16(6-7-17(15)21-12-14)20-11-13-4-2-1-3-5-13/h6-9,13,18-19H,1-5,10-12H2. The number of nitrogens with one attached hydrogen (secondary N) is 1. The first kappa shape index (κ1) is 14.4. The fraction of sp³-hybridized carbons (Fsp3) is 0.529. The number of ether oxygens (including phenoxy) is 2. The Hall–Kier alpha value is -1.52. The predicted octanol–water partition coefficient (Wildman–Crippen LogP) is 3.40. The maximum absolute atomic E-state index is 8.78. The van der Waals surface area contributed by atoms with Crippen molar-refractivity contribution in [3.63, 3.8) is 0 Å². The summed E-state index contributed by atoms with van der Waals surface area (Å²) in [6.07, 6.45) is 8.69. The highest BCUT2D eigenvalue weighted by molar-refractivity contribution is 5.64. The van der Waals surface area contributed by atoms with Gasteiger partial charge in [0.2, 0.25) is 0 Å². The highest BCUT2D eigenvalue weighted by atomic mass is 16.5. The largest absolute Gasteiger partial charge is 0.493 e. The molecule has 2 N–H and O–H groups in total. The minimum absolute atomic E-state index is 0.423. The van der Waals surface area contributed by atoms with Crippen LogP contribution in [-0.2, 0) is 0 Å². The molecule has 0 aromatic heterocycles. The second-order valence-corrected chi connectivity index (χ2v) is 5.94. The molecule has 1 saturated carbocycles. The van der Waals surface area contributed by atoms with Crippen molar-refractivity contribution >= 4 is 6.08 Å². The Morgan fingerprint density at radius 1 is 1.24 bits per heavy atom. The number of benzene rings is 1. The van der Waals surface area contributed by atoms with Gasteiger partial charge in [-0.1, -0.05) is 19.3 Å². The Bertz CT molecular complexity index is 507. The number of hydrogen-bond acceptors (Lipinski definition) is 4. The van der Waals surface area contributed by atoms with Crippen LogP contribution in [-0.4, -0.2) is 25.0 Å². The van der Waals surface area contributed by atoms with Crippen molar-refractivity contribution in [1.82, 2.24) is 5.48 Å². The van der Waals surface area contributed by atoms with E-state index in [0.717, 1.165) is 29.2 Å². The molecule has 4 nitrogen and oxygen atoms in total. The molecular formula is C17H23NO3. The van der Waals surface area contributed by atoms with Crippen LogP contribution in [0.3, 0.4) is 0 Å². The van der Waals surface area contributed by atoms with E-state index >= 15 is 0 Å². The summed E-state index contributed by atoms with van der Waals surface area (Å²) in [5, 5.41) is 8.78. The van der Waals surface area contributed by atoms with E-state index in [2.05, 4.69) is 11.6 Å². The average Bonchev–Trinajstić information content (AvgIpc) is 2.54. The van der Waals surface area contributed by atoms with Gasteiger partial charge in [0, 0.05) is 12.1 Å². The molecule has 1 aliphatic heterocycles. The fourth-order valence-electron chi connectivity index (χ4n) is 3.06. The zero-order valence-corrected chi connectivity index (χ0v) is 12.3. The molecule has 0 spiro atoms. The van der Waals surface area contributed by atoms with Gasteiger partial charge in [-0.15, -0.1) is 0 Å². The Morgan fingerprint density at radius 3 is 2.90 bits per heavy atom. The minimum Gasteiger partial charge on any atom is -0.493 e. The second-order valence-electron chi connectivity index (χ2n) is 5.94. The van der Waals surface area contributed by atoms with Gasteiger partial charge in [-0.05, 0) is 48.6 Å². The molecular weight excluding hydrogens is 266 g/mol. The first-order valence-electron chi connectivity index (χ1n) is 7.81. The van der Waals surface area contributed by atoms with Crippen molar-refractivity contribution in [2.75, 3.05) is 19.8 Å². The van der Waals surface area contributed by atoms with Gasteiger partial charge < -0.3 is 14.7 Å². The van der Waals surface area contributed by atoms with E-state index in [1.165, 1.54) is 32.1 Å². The average molecular weight is 289 g/mol. The number of fused-ring (bicyclic) bond motifs is 1. The predicted molar refractivity (Wildman–Crippen MR) is 81.8 cm³/mol. The number of hydroxylamine groups is 1. The van der Waals surface area contributed by atoms with E-state index in [0.29, 0.717) is 19.1 Å². The highest BCUT2D eigenvalue weighted by Crippen LogP contribution is 2.31. The first-order chi connectivity index (χ1) is 10.3. The van der Waals surface area contributed by atoms with Crippen molar-refractivity contribution in [3.8, 4) is 11.5 Å². The lowest BCUT2D eigenvalue weighted by molar-refractivity contribution is 0.173. The van der Waals surface area contributed by atoms with E-state index < -0.39 is 0 Å². The van der Waals surface area contributed by atoms with Crippen LogP contribution in [0, 0.1) is 5.92 Å². The SMILES string of the molecule is ONCC1=Cc2cc(OCC3CCCCC3)ccc2OC1. The van der Waals surface area contributed by atoms with Gasteiger partial charge in [-0.25, -0.2) is 5.48 Å². The summed E-state index contributed by atoms with van der Waals surface area (Å²) in [5.74, 6) is 2.48. The molecule has 1 aliphatic carbocycles. The molecule has 1 aromatic rings. The number of rotatable bonds is 5. The Morgan fingerprint density at radius 2 is 2.10 bits per heavy atom. The first-order valence-corrected chi connectivity index (χ1v) is 7.81. The minimum atomic E-state index is 0.423. The maximum Gasteiger partial charge on any atom is 0.127 e. The van der Waals surface area contributed by atoms with Crippen LogP contribution in [0.25, 0.3) is 6.08 Å². The normalized spacial score (nSPS) is 18.6. The van der Waals surface area contributed by atoms with Crippen LogP contribution >= 0.6 is 0 Å². The van der Waals surface area contributed by atoms with Crippen LogP contribution in [0.5, 0.6) is 11.5 Å². The van der Waals surface area contributed by atoms with Crippen molar-refractivity contribution in [3.05, 3.63) is 29.3 Å². The summed E-state index contributed by atoms with van der Waals surface area (Å²) in [5.41, 5.74) is 4.22. The molecule has 0 unspecified atom stereocenters. The zero-order valence-electron chi connectivity index (χ0n) is 12.3. The maximum atomic E-state index is 8.78. The van der Waals surface area contributed by atoms with Crippen LogP contribution in [0.15, 0.2) is 23.8 Å². The summed E-state index contributed by atoms with van der Waals surface area (Å²) in [7, 11) is 0. The highest BCUT2D eigenvalue weighted by Gasteiger charge is 2.15. The second kappa shape index (κ2) is 6.96. The zero-order chi connectivity index (χ0) is 14.5. The smallest absolute Gasteiger partial charge is 0.127 e. The van der Waals surface area contributed by atoms with Gasteiger partial charge in [0.25, 0.3) is 0 Å². The molecule has 4 heteroatoms. The lowest BCUT2D eigenvalue weighted by Crippen LogP contribution is -2.18. The van der Waals surface area contributed by atoms with Gasteiger partial charge in [-0.3, -0.25) is 0 Å². The molecule has 1 heterocycles. The molecule has 0 saturated heterocycles. The van der Waals surface area contributed by atoms with Crippen LogP contribution in [0.2, 0.25) is 0 Å². The fourth-order valence-corrected chi connectivity index (χ4v) is 3.06. The molecule has 21 heavy (non-hydrogen) atoms. The third kappa shape index (κ3) is 3.77. The molecule has 1 aromatic carbocycles.